The molecule has 0 bridgehead atoms. The van der Waals surface area contributed by atoms with E-state index in [9.17, 15) is 9.90 Å². The second kappa shape index (κ2) is 7.00. The van der Waals surface area contributed by atoms with Gasteiger partial charge in [-0.3, -0.25) is 4.79 Å². The Kier molecular flexibility index (Phi) is 4.52. The molecule has 1 saturated carbocycles. The van der Waals surface area contributed by atoms with E-state index in [4.69, 9.17) is 21.1 Å². The number of carbonyl (C=O) groups excluding carboxylic acids is 1. The lowest BCUT2D eigenvalue weighted by Crippen LogP contribution is -2.51. The summed E-state index contributed by atoms with van der Waals surface area (Å²) < 4.78 is 10.8. The molecule has 1 aliphatic carbocycles. The minimum absolute atomic E-state index is 0.0325. The van der Waals surface area contributed by atoms with E-state index in [2.05, 4.69) is 4.98 Å². The zero-order chi connectivity index (χ0) is 21.0. The molecule has 2 aromatic rings. The Morgan fingerprint density at radius 2 is 2.10 bits per heavy atom. The Morgan fingerprint density at radius 1 is 1.30 bits per heavy atom. The minimum Gasteiger partial charge on any atom is -0.451 e. The molecule has 1 unspecified atom stereocenters. The lowest BCUT2D eigenvalue weighted by Gasteiger charge is -2.37. The Hall–Kier alpha value is -2.57. The van der Waals surface area contributed by atoms with E-state index in [1.165, 1.54) is 6.20 Å². The summed E-state index contributed by atoms with van der Waals surface area (Å²) in [6.45, 7) is 4.21. The standard InChI is InChI=1S/C23H23ClN2O4/c1-23(2,28)20(14-6-7-14)26-11-15-5-3-4-13(18(15)22(26)27)8-9-16-17(24)10-25-21-19(16)29-12-30-21/h3-5,8-10,14,20,28H,6-7,11-12H2,1-2H3/b9-8+. The molecule has 1 amide bonds. The maximum Gasteiger partial charge on any atom is 0.260 e. The molecule has 5 rings (SSSR count). The van der Waals surface area contributed by atoms with Gasteiger partial charge in [-0.05, 0) is 49.8 Å². The van der Waals surface area contributed by atoms with Crippen LogP contribution in [0, 0.1) is 5.92 Å². The third kappa shape index (κ3) is 3.24. The largest absolute Gasteiger partial charge is 0.451 e. The molecular formula is C23H23ClN2O4. The molecule has 0 radical (unpaired) electrons. The molecule has 156 valence electrons. The molecule has 7 heteroatoms. The third-order valence-electron chi connectivity index (χ3n) is 5.95. The predicted octanol–water partition coefficient (Wildman–Crippen LogP) is 4.14. The molecule has 1 N–H and O–H groups in total. The van der Waals surface area contributed by atoms with E-state index in [1.807, 2.05) is 35.3 Å². The summed E-state index contributed by atoms with van der Waals surface area (Å²) in [6.07, 6.45) is 7.34. The van der Waals surface area contributed by atoms with Crippen LogP contribution in [0.4, 0.5) is 0 Å². The Balaban J connectivity index is 1.49. The number of benzene rings is 1. The summed E-state index contributed by atoms with van der Waals surface area (Å²) in [5, 5.41) is 11.2. The first-order valence-corrected chi connectivity index (χ1v) is 10.5. The normalized spacial score (nSPS) is 18.9. The van der Waals surface area contributed by atoms with Crippen molar-refractivity contribution in [2.45, 2.75) is 44.9 Å². The lowest BCUT2D eigenvalue weighted by atomic mass is 9.93. The molecule has 6 nitrogen and oxygen atoms in total. The zero-order valence-electron chi connectivity index (χ0n) is 16.9. The number of fused-ring (bicyclic) bond motifs is 2. The van der Waals surface area contributed by atoms with Crippen LogP contribution < -0.4 is 9.47 Å². The van der Waals surface area contributed by atoms with Gasteiger partial charge in [0.05, 0.1) is 28.4 Å². The first-order chi connectivity index (χ1) is 14.3. The number of pyridine rings is 1. The van der Waals surface area contributed by atoms with Crippen molar-refractivity contribution in [2.75, 3.05) is 6.79 Å². The van der Waals surface area contributed by atoms with E-state index in [0.717, 1.165) is 24.0 Å². The number of aliphatic hydroxyl groups is 1. The van der Waals surface area contributed by atoms with Crippen LogP contribution in [0.5, 0.6) is 11.6 Å². The van der Waals surface area contributed by atoms with Crippen molar-refractivity contribution in [3.8, 4) is 11.6 Å². The molecule has 2 aliphatic heterocycles. The van der Waals surface area contributed by atoms with Gasteiger partial charge in [0, 0.05) is 12.1 Å². The molecule has 0 saturated heterocycles. The van der Waals surface area contributed by atoms with Crippen LogP contribution in [-0.2, 0) is 6.54 Å². The molecule has 1 atom stereocenters. The SMILES string of the molecule is CC(C)(O)C(C1CC1)N1Cc2cccc(/C=C/c3c(Cl)cnc4c3OCO4)c2C1=O. The topological polar surface area (TPSA) is 71.9 Å². The number of halogens is 1. The molecule has 30 heavy (non-hydrogen) atoms. The second-order valence-corrected chi connectivity index (χ2v) is 9.05. The second-order valence-electron chi connectivity index (χ2n) is 8.64. The van der Waals surface area contributed by atoms with Crippen molar-refractivity contribution >= 4 is 29.7 Å². The average Bonchev–Trinajstić information content (AvgIpc) is 3.29. The van der Waals surface area contributed by atoms with E-state index in [0.29, 0.717) is 40.2 Å². The number of hydrogen-bond acceptors (Lipinski definition) is 5. The van der Waals surface area contributed by atoms with Crippen LogP contribution in [0.15, 0.2) is 24.4 Å². The van der Waals surface area contributed by atoms with Gasteiger partial charge in [-0.15, -0.1) is 0 Å². The van der Waals surface area contributed by atoms with Crippen molar-refractivity contribution in [2.24, 2.45) is 5.92 Å². The highest BCUT2D eigenvalue weighted by Crippen LogP contribution is 2.44. The van der Waals surface area contributed by atoms with Crippen molar-refractivity contribution in [3.05, 3.63) is 51.7 Å². The molecule has 3 aliphatic rings. The number of hydrogen-bond donors (Lipinski definition) is 1. The zero-order valence-corrected chi connectivity index (χ0v) is 17.6. The molecular weight excluding hydrogens is 404 g/mol. The van der Waals surface area contributed by atoms with E-state index in [1.54, 1.807) is 13.8 Å². The summed E-state index contributed by atoms with van der Waals surface area (Å²) in [5.41, 5.74) is 2.19. The highest BCUT2D eigenvalue weighted by molar-refractivity contribution is 6.32. The fraction of sp³-hybridized carbons (Fsp3) is 0.391. The molecule has 1 fully saturated rings. The smallest absolute Gasteiger partial charge is 0.260 e. The van der Waals surface area contributed by atoms with Crippen LogP contribution in [0.1, 0.15) is 53.7 Å². The molecule has 3 heterocycles. The highest BCUT2D eigenvalue weighted by atomic mass is 35.5. The summed E-state index contributed by atoms with van der Waals surface area (Å²) >= 11 is 6.32. The summed E-state index contributed by atoms with van der Waals surface area (Å²) in [6, 6.07) is 5.66. The number of amides is 1. The molecule has 1 aromatic carbocycles. The van der Waals surface area contributed by atoms with Gasteiger partial charge in [0.15, 0.2) is 5.75 Å². The van der Waals surface area contributed by atoms with Crippen LogP contribution in [-0.4, -0.2) is 39.3 Å². The van der Waals surface area contributed by atoms with Crippen molar-refractivity contribution < 1.29 is 19.4 Å². The minimum atomic E-state index is -0.947. The fourth-order valence-corrected chi connectivity index (χ4v) is 4.78. The maximum atomic E-state index is 13.4. The Bertz CT molecular complexity index is 1060. The Labute approximate surface area is 180 Å². The summed E-state index contributed by atoms with van der Waals surface area (Å²) in [7, 11) is 0. The van der Waals surface area contributed by atoms with Crippen molar-refractivity contribution in [1.82, 2.24) is 9.88 Å². The van der Waals surface area contributed by atoms with Gasteiger partial charge in [0.1, 0.15) is 0 Å². The molecule has 0 spiro atoms. The fourth-order valence-electron chi connectivity index (χ4n) is 4.58. The van der Waals surface area contributed by atoms with Crippen LogP contribution in [0.25, 0.3) is 12.2 Å². The van der Waals surface area contributed by atoms with Gasteiger partial charge in [-0.25, -0.2) is 4.98 Å². The van der Waals surface area contributed by atoms with Gasteiger partial charge in [0.2, 0.25) is 6.79 Å². The van der Waals surface area contributed by atoms with Gasteiger partial charge in [-0.1, -0.05) is 35.9 Å². The quantitative estimate of drug-likeness (QED) is 0.778. The van der Waals surface area contributed by atoms with Crippen LogP contribution in [0.2, 0.25) is 5.02 Å². The summed E-state index contributed by atoms with van der Waals surface area (Å²) in [5.74, 6) is 1.25. The van der Waals surface area contributed by atoms with Gasteiger partial charge in [-0.2, -0.15) is 0 Å². The average molecular weight is 427 g/mol. The van der Waals surface area contributed by atoms with E-state index >= 15 is 0 Å². The van der Waals surface area contributed by atoms with Gasteiger partial charge < -0.3 is 19.5 Å². The number of rotatable bonds is 5. The first kappa shape index (κ1) is 19.4. The molecule has 1 aromatic heterocycles. The maximum absolute atomic E-state index is 13.4. The monoisotopic (exact) mass is 426 g/mol. The highest BCUT2D eigenvalue weighted by Gasteiger charge is 2.48. The van der Waals surface area contributed by atoms with E-state index in [-0.39, 0.29) is 18.7 Å². The van der Waals surface area contributed by atoms with E-state index < -0.39 is 5.60 Å². The predicted molar refractivity (Wildman–Crippen MR) is 113 cm³/mol. The van der Waals surface area contributed by atoms with Crippen LogP contribution >= 0.6 is 11.6 Å². The number of ether oxygens (including phenoxy) is 2. The summed E-state index contributed by atoms with van der Waals surface area (Å²) in [4.78, 5) is 19.4. The van der Waals surface area contributed by atoms with Crippen LogP contribution in [0.3, 0.4) is 0 Å². The third-order valence-corrected chi connectivity index (χ3v) is 6.25. The lowest BCUT2D eigenvalue weighted by molar-refractivity contribution is -0.0224. The van der Waals surface area contributed by atoms with Crippen molar-refractivity contribution in [1.29, 1.82) is 0 Å². The van der Waals surface area contributed by atoms with Gasteiger partial charge in [0.25, 0.3) is 11.8 Å². The number of nitrogens with zero attached hydrogens (tertiary/aromatic N) is 2. The van der Waals surface area contributed by atoms with Crippen molar-refractivity contribution in [3.63, 3.8) is 0 Å². The number of carbonyl (C=O) groups is 1. The first-order valence-electron chi connectivity index (χ1n) is 10.1. The van der Waals surface area contributed by atoms with Gasteiger partial charge >= 0.3 is 0 Å². The number of aromatic nitrogens is 1. The Morgan fingerprint density at radius 3 is 2.83 bits per heavy atom.